The molecule has 0 aliphatic heterocycles. The van der Waals surface area contributed by atoms with Crippen molar-refractivity contribution in [3.8, 4) is 5.75 Å². The van der Waals surface area contributed by atoms with E-state index in [1.54, 1.807) is 18.4 Å². The fraction of sp³-hybridized carbons (Fsp3) is 0.286. The van der Waals surface area contributed by atoms with Crippen LogP contribution in [0.15, 0.2) is 37.0 Å². The largest absolute Gasteiger partial charge is 0.490 e. The zero-order valence-electron chi connectivity index (χ0n) is 11.0. The van der Waals surface area contributed by atoms with Gasteiger partial charge in [-0.15, -0.1) is 22.9 Å². The van der Waals surface area contributed by atoms with E-state index in [0.29, 0.717) is 13.2 Å². The van der Waals surface area contributed by atoms with Crippen LogP contribution in [0.25, 0.3) is 0 Å². The molecule has 0 N–H and O–H groups in total. The van der Waals surface area contributed by atoms with E-state index in [1.807, 2.05) is 24.3 Å². The maximum atomic E-state index is 6.56. The zero-order valence-corrected chi connectivity index (χ0v) is 17.4. The van der Waals surface area contributed by atoms with Crippen LogP contribution in [0.2, 0.25) is 0 Å². The number of halogens is 4. The molecule has 0 aliphatic carbocycles. The lowest BCUT2D eigenvalue weighted by molar-refractivity contribution is 0.146. The monoisotopic (exact) mass is 516 g/mol. The first-order valence-electron chi connectivity index (χ1n) is 6.03. The average Bonchev–Trinajstić information content (AvgIpc) is 2.80. The Bertz CT molecular complexity index is 599. The van der Waals surface area contributed by atoms with Gasteiger partial charge >= 0.3 is 0 Å². The van der Waals surface area contributed by atoms with Crippen molar-refractivity contribution in [2.24, 2.45) is 0 Å². The van der Waals surface area contributed by atoms with Crippen molar-refractivity contribution in [3.63, 3.8) is 0 Å². The molecule has 21 heavy (non-hydrogen) atoms. The van der Waals surface area contributed by atoms with Crippen LogP contribution < -0.4 is 4.74 Å². The molecule has 0 saturated heterocycles. The van der Waals surface area contributed by atoms with Crippen molar-refractivity contribution < 1.29 is 9.47 Å². The summed E-state index contributed by atoms with van der Waals surface area (Å²) in [6, 6.07) is 7.92. The lowest BCUT2D eigenvalue weighted by Crippen LogP contribution is -2.04. The predicted octanol–water partition coefficient (Wildman–Crippen LogP) is 6.39. The summed E-state index contributed by atoms with van der Waals surface area (Å²) in [5, 5.41) is -0.193. The fourth-order valence-electron chi connectivity index (χ4n) is 1.68. The Morgan fingerprint density at radius 3 is 2.48 bits per heavy atom. The van der Waals surface area contributed by atoms with E-state index >= 15 is 0 Å². The van der Waals surface area contributed by atoms with Gasteiger partial charge in [-0.2, -0.15) is 0 Å². The molecule has 0 amide bonds. The molecule has 0 bridgehead atoms. The molecule has 2 nitrogen and oxygen atoms in total. The summed E-state index contributed by atoms with van der Waals surface area (Å²) in [4.78, 5) is 1.08. The molecule has 7 heteroatoms. The summed E-state index contributed by atoms with van der Waals surface area (Å²) < 4.78 is 13.5. The number of alkyl halides is 1. The van der Waals surface area contributed by atoms with E-state index < -0.39 is 0 Å². The highest BCUT2D eigenvalue weighted by atomic mass is 79.9. The second kappa shape index (κ2) is 8.31. The molecule has 114 valence electrons. The third-order valence-electron chi connectivity index (χ3n) is 2.71. The van der Waals surface area contributed by atoms with E-state index in [-0.39, 0.29) is 5.38 Å². The zero-order chi connectivity index (χ0) is 15.4. The minimum absolute atomic E-state index is 0.193. The number of thiophene rings is 1. The summed E-state index contributed by atoms with van der Waals surface area (Å²) in [6.07, 6.45) is 0. The van der Waals surface area contributed by atoms with E-state index in [9.17, 15) is 0 Å². The molecule has 0 radical (unpaired) electrons. The van der Waals surface area contributed by atoms with Gasteiger partial charge in [-0.25, -0.2) is 0 Å². The van der Waals surface area contributed by atoms with E-state index in [2.05, 4.69) is 47.8 Å². The highest BCUT2D eigenvalue weighted by Crippen LogP contribution is 2.41. The van der Waals surface area contributed by atoms with Crippen LogP contribution in [0.4, 0.5) is 0 Å². The highest BCUT2D eigenvalue weighted by Gasteiger charge is 2.16. The van der Waals surface area contributed by atoms with Crippen molar-refractivity contribution in [2.75, 3.05) is 20.3 Å². The van der Waals surface area contributed by atoms with Gasteiger partial charge in [0.2, 0.25) is 0 Å². The lowest BCUT2D eigenvalue weighted by atomic mass is 10.1. The molecule has 1 unspecified atom stereocenters. The molecular weight excluding hydrogens is 507 g/mol. The molecule has 1 aromatic carbocycles. The Kier molecular flexibility index (Phi) is 7.03. The van der Waals surface area contributed by atoms with Crippen molar-refractivity contribution in [1.29, 1.82) is 0 Å². The quantitative estimate of drug-likeness (QED) is 0.325. The summed E-state index contributed by atoms with van der Waals surface area (Å²) in [7, 11) is 1.65. The summed E-state index contributed by atoms with van der Waals surface area (Å²) in [5.74, 6) is 0.785. The lowest BCUT2D eigenvalue weighted by Gasteiger charge is -2.12. The maximum Gasteiger partial charge on any atom is 0.133 e. The first-order valence-corrected chi connectivity index (χ1v) is 9.66. The summed E-state index contributed by atoms with van der Waals surface area (Å²) in [6.45, 7) is 1.08. The van der Waals surface area contributed by atoms with Crippen LogP contribution in [0.1, 0.15) is 15.8 Å². The van der Waals surface area contributed by atoms with Gasteiger partial charge < -0.3 is 9.47 Å². The van der Waals surface area contributed by atoms with Crippen LogP contribution in [-0.2, 0) is 4.74 Å². The Hall–Kier alpha value is 0.410. The first-order chi connectivity index (χ1) is 10.0. The summed E-state index contributed by atoms with van der Waals surface area (Å²) >= 11 is 18.7. The van der Waals surface area contributed by atoms with Crippen molar-refractivity contribution in [1.82, 2.24) is 0 Å². The Labute approximate surface area is 158 Å². The SMILES string of the molecule is COCCOc1ccc(C(Cl)c2cc(Br)c(Br)s2)cc1Br. The molecule has 0 aliphatic rings. The Balaban J connectivity index is 2.15. The molecule has 0 spiro atoms. The molecule has 2 rings (SSSR count). The molecular formula is C14H12Br3ClO2S. The molecule has 0 saturated carbocycles. The number of ether oxygens (including phenoxy) is 2. The van der Waals surface area contributed by atoms with Crippen LogP contribution in [-0.4, -0.2) is 20.3 Å². The number of rotatable bonds is 6. The third kappa shape index (κ3) is 4.69. The second-order valence-corrected chi connectivity index (χ2v) is 8.71. The predicted molar refractivity (Wildman–Crippen MR) is 98.9 cm³/mol. The molecule has 2 aromatic rings. The first kappa shape index (κ1) is 17.8. The molecule has 0 fully saturated rings. The van der Waals surface area contributed by atoms with Gasteiger partial charge in [-0.05, 0) is 71.6 Å². The van der Waals surface area contributed by atoms with Gasteiger partial charge in [0.25, 0.3) is 0 Å². The smallest absolute Gasteiger partial charge is 0.133 e. The van der Waals surface area contributed by atoms with Crippen molar-refractivity contribution in [2.45, 2.75) is 5.38 Å². The summed E-state index contributed by atoms with van der Waals surface area (Å²) in [5.41, 5.74) is 1.02. The highest BCUT2D eigenvalue weighted by molar-refractivity contribution is 9.13. The average molecular weight is 519 g/mol. The standard InChI is InChI=1S/C14H12Br3ClO2S/c1-19-4-5-20-11-3-2-8(6-9(11)15)13(18)12-7-10(16)14(17)21-12/h2-3,6-7,13H,4-5H2,1H3. The Morgan fingerprint density at radius 2 is 1.90 bits per heavy atom. The molecule has 1 heterocycles. The van der Waals surface area contributed by atoms with Crippen LogP contribution in [0.3, 0.4) is 0 Å². The van der Waals surface area contributed by atoms with Crippen LogP contribution in [0.5, 0.6) is 5.75 Å². The number of hydrogen-bond donors (Lipinski definition) is 0. The van der Waals surface area contributed by atoms with Gasteiger partial charge in [0, 0.05) is 16.5 Å². The van der Waals surface area contributed by atoms with Gasteiger partial charge in [0.1, 0.15) is 12.4 Å². The second-order valence-electron chi connectivity index (χ2n) is 4.16. The van der Waals surface area contributed by atoms with Crippen molar-refractivity contribution in [3.05, 3.63) is 47.4 Å². The van der Waals surface area contributed by atoms with E-state index in [4.69, 9.17) is 21.1 Å². The van der Waals surface area contributed by atoms with Gasteiger partial charge in [-0.3, -0.25) is 0 Å². The number of benzene rings is 1. The minimum atomic E-state index is -0.193. The normalized spacial score (nSPS) is 12.4. The topological polar surface area (TPSA) is 18.5 Å². The van der Waals surface area contributed by atoms with Crippen LogP contribution in [0, 0.1) is 0 Å². The maximum absolute atomic E-state index is 6.56. The molecule has 1 atom stereocenters. The van der Waals surface area contributed by atoms with E-state index in [1.165, 1.54) is 0 Å². The van der Waals surface area contributed by atoms with Gasteiger partial charge in [0.05, 0.1) is 20.2 Å². The minimum Gasteiger partial charge on any atom is -0.490 e. The third-order valence-corrected chi connectivity index (χ3v) is 7.26. The fourth-order valence-corrected chi connectivity index (χ4v) is 4.62. The van der Waals surface area contributed by atoms with Gasteiger partial charge in [-0.1, -0.05) is 6.07 Å². The Morgan fingerprint density at radius 1 is 1.14 bits per heavy atom. The van der Waals surface area contributed by atoms with Gasteiger partial charge in [0.15, 0.2) is 0 Å². The number of hydrogen-bond acceptors (Lipinski definition) is 3. The van der Waals surface area contributed by atoms with Crippen molar-refractivity contribution >= 4 is 70.7 Å². The van der Waals surface area contributed by atoms with Crippen LogP contribution >= 0.6 is 70.7 Å². The molecule has 1 aromatic heterocycles. The van der Waals surface area contributed by atoms with E-state index in [0.717, 1.165) is 28.9 Å². The number of methoxy groups -OCH3 is 1.